The molecule has 0 N–H and O–H groups in total. The summed E-state index contributed by atoms with van der Waals surface area (Å²) in [6, 6.07) is 15.7. The second kappa shape index (κ2) is 6.54. The van der Waals surface area contributed by atoms with Crippen molar-refractivity contribution in [1.82, 2.24) is 0 Å². The van der Waals surface area contributed by atoms with Crippen LogP contribution in [-0.4, -0.2) is 31.1 Å². The first-order valence-electron chi connectivity index (χ1n) is 7.58. The first-order chi connectivity index (χ1) is 11.6. The Hall–Kier alpha value is -3.15. The first-order valence-corrected chi connectivity index (χ1v) is 7.58. The molecule has 2 aromatic rings. The number of anilines is 2. The molecule has 0 spiro atoms. The van der Waals surface area contributed by atoms with Crippen LogP contribution in [0.2, 0.25) is 0 Å². The molecule has 0 radical (unpaired) electrons. The van der Waals surface area contributed by atoms with Crippen LogP contribution in [0.25, 0.3) is 0 Å². The summed E-state index contributed by atoms with van der Waals surface area (Å²) in [6.07, 6.45) is 0. The van der Waals surface area contributed by atoms with Gasteiger partial charge in [0.15, 0.2) is 0 Å². The topological polar surface area (TPSA) is 66.9 Å². The van der Waals surface area contributed by atoms with Crippen LogP contribution in [0.3, 0.4) is 0 Å². The van der Waals surface area contributed by atoms with Gasteiger partial charge in [0.1, 0.15) is 6.67 Å². The van der Waals surface area contributed by atoms with Crippen molar-refractivity contribution < 1.29 is 19.1 Å². The lowest BCUT2D eigenvalue weighted by Gasteiger charge is -2.36. The van der Waals surface area contributed by atoms with Crippen LogP contribution in [0.15, 0.2) is 54.6 Å². The summed E-state index contributed by atoms with van der Waals surface area (Å²) >= 11 is 0. The molecule has 0 aliphatic carbocycles. The molecular formula is C18H16N2O4. The monoisotopic (exact) mass is 324 g/mol. The molecular weight excluding hydrogens is 308 g/mol. The third-order valence-corrected chi connectivity index (χ3v) is 3.72. The molecule has 0 unspecified atom stereocenters. The normalized spacial score (nSPS) is 13.5. The lowest BCUT2D eigenvalue weighted by Crippen LogP contribution is -2.51. The number of carbonyl (C=O) groups is 3. The van der Waals surface area contributed by atoms with Gasteiger partial charge in [0.25, 0.3) is 5.91 Å². The summed E-state index contributed by atoms with van der Waals surface area (Å²) in [7, 11) is 0. The third-order valence-electron chi connectivity index (χ3n) is 3.72. The number of fused-ring (bicyclic) bond motifs is 1. The molecule has 2 aromatic carbocycles. The highest BCUT2D eigenvalue weighted by molar-refractivity contribution is 6.39. The van der Waals surface area contributed by atoms with Gasteiger partial charge in [0, 0.05) is 5.69 Å². The van der Waals surface area contributed by atoms with Gasteiger partial charge in [-0.25, -0.2) is 4.79 Å². The van der Waals surface area contributed by atoms with Crippen molar-refractivity contribution in [3.8, 4) is 0 Å². The van der Waals surface area contributed by atoms with E-state index in [2.05, 4.69) is 0 Å². The molecule has 0 bridgehead atoms. The Morgan fingerprint density at radius 1 is 1.04 bits per heavy atom. The quantitative estimate of drug-likeness (QED) is 0.627. The van der Waals surface area contributed by atoms with Crippen molar-refractivity contribution in [3.05, 3.63) is 60.2 Å². The average Bonchev–Trinajstić information content (AvgIpc) is 2.62. The molecule has 0 atom stereocenters. The maximum Gasteiger partial charge on any atom is 0.397 e. The van der Waals surface area contributed by atoms with Gasteiger partial charge in [-0.05, 0) is 31.2 Å². The van der Waals surface area contributed by atoms with E-state index >= 15 is 0 Å². The number of hydrogen-bond donors (Lipinski definition) is 0. The third kappa shape index (κ3) is 2.74. The van der Waals surface area contributed by atoms with E-state index in [1.54, 1.807) is 55.5 Å². The van der Waals surface area contributed by atoms with E-state index in [0.29, 0.717) is 16.9 Å². The second-order valence-electron chi connectivity index (χ2n) is 5.18. The van der Waals surface area contributed by atoms with E-state index in [4.69, 9.17) is 4.74 Å². The Morgan fingerprint density at radius 3 is 2.42 bits per heavy atom. The van der Waals surface area contributed by atoms with Crippen LogP contribution in [0.5, 0.6) is 0 Å². The number of benzene rings is 2. The number of rotatable bonds is 2. The number of ether oxygens (including phenoxy) is 1. The standard InChI is InChI=1S/C18H16N2O4/c1-2-24-18(23)17(22)20-12-19(13-8-4-3-5-9-13)16(21)14-10-6-7-11-15(14)20/h3-11H,2,12H2,1H3. The number of nitrogens with zero attached hydrogens (tertiary/aromatic N) is 2. The molecule has 1 heterocycles. The lowest BCUT2D eigenvalue weighted by molar-refractivity contribution is -0.153. The Kier molecular flexibility index (Phi) is 4.29. The van der Waals surface area contributed by atoms with Gasteiger partial charge in [-0.3, -0.25) is 19.4 Å². The highest BCUT2D eigenvalue weighted by Gasteiger charge is 2.36. The van der Waals surface area contributed by atoms with Gasteiger partial charge in [-0.2, -0.15) is 0 Å². The van der Waals surface area contributed by atoms with Crippen molar-refractivity contribution in [2.75, 3.05) is 23.1 Å². The SMILES string of the molecule is CCOC(=O)C(=O)N1CN(c2ccccc2)C(=O)c2ccccc21. The van der Waals surface area contributed by atoms with Crippen LogP contribution >= 0.6 is 0 Å². The van der Waals surface area contributed by atoms with Crippen LogP contribution < -0.4 is 9.80 Å². The molecule has 0 fully saturated rings. The number of para-hydroxylation sites is 2. The largest absolute Gasteiger partial charge is 0.459 e. The van der Waals surface area contributed by atoms with Crippen LogP contribution in [0.4, 0.5) is 11.4 Å². The molecule has 0 saturated heterocycles. The lowest BCUT2D eigenvalue weighted by atomic mass is 10.1. The van der Waals surface area contributed by atoms with Gasteiger partial charge < -0.3 is 4.74 Å². The fourth-order valence-electron chi connectivity index (χ4n) is 2.60. The molecule has 0 aromatic heterocycles. The van der Waals surface area contributed by atoms with Crippen molar-refractivity contribution >= 4 is 29.2 Å². The van der Waals surface area contributed by atoms with Crippen molar-refractivity contribution in [2.24, 2.45) is 0 Å². The Labute approximate surface area is 139 Å². The van der Waals surface area contributed by atoms with E-state index in [1.165, 1.54) is 9.80 Å². The maximum atomic E-state index is 12.8. The molecule has 24 heavy (non-hydrogen) atoms. The van der Waals surface area contributed by atoms with Crippen LogP contribution in [0.1, 0.15) is 17.3 Å². The highest BCUT2D eigenvalue weighted by Crippen LogP contribution is 2.30. The molecule has 6 nitrogen and oxygen atoms in total. The number of hydrogen-bond acceptors (Lipinski definition) is 4. The van der Waals surface area contributed by atoms with Crippen LogP contribution in [0, 0.1) is 0 Å². The highest BCUT2D eigenvalue weighted by atomic mass is 16.5. The Morgan fingerprint density at radius 2 is 1.71 bits per heavy atom. The van der Waals surface area contributed by atoms with Gasteiger partial charge >= 0.3 is 11.9 Å². The van der Waals surface area contributed by atoms with E-state index < -0.39 is 11.9 Å². The van der Waals surface area contributed by atoms with Gasteiger partial charge in [0.05, 0.1) is 17.9 Å². The van der Waals surface area contributed by atoms with Gasteiger partial charge in [-0.1, -0.05) is 30.3 Å². The Balaban J connectivity index is 2.03. The second-order valence-corrected chi connectivity index (χ2v) is 5.18. The molecule has 2 amide bonds. The summed E-state index contributed by atoms with van der Waals surface area (Å²) < 4.78 is 4.81. The molecule has 1 aliphatic heterocycles. The molecule has 6 heteroatoms. The Bertz CT molecular complexity index is 789. The van der Waals surface area contributed by atoms with E-state index in [9.17, 15) is 14.4 Å². The molecule has 3 rings (SSSR count). The predicted molar refractivity (Wildman–Crippen MR) is 88.7 cm³/mol. The summed E-state index contributed by atoms with van der Waals surface area (Å²) in [5.41, 5.74) is 1.43. The summed E-state index contributed by atoms with van der Waals surface area (Å²) in [6.45, 7) is 1.70. The summed E-state index contributed by atoms with van der Waals surface area (Å²) in [5.74, 6) is -1.95. The number of esters is 1. The minimum Gasteiger partial charge on any atom is -0.459 e. The van der Waals surface area contributed by atoms with Gasteiger partial charge in [0.2, 0.25) is 0 Å². The summed E-state index contributed by atoms with van der Waals surface area (Å²) in [4.78, 5) is 39.8. The zero-order valence-electron chi connectivity index (χ0n) is 13.1. The van der Waals surface area contributed by atoms with Gasteiger partial charge in [-0.15, -0.1) is 0 Å². The minimum atomic E-state index is -0.935. The van der Waals surface area contributed by atoms with E-state index in [0.717, 1.165) is 0 Å². The smallest absolute Gasteiger partial charge is 0.397 e. The molecule has 1 aliphatic rings. The van der Waals surface area contributed by atoms with Crippen molar-refractivity contribution in [2.45, 2.75) is 6.92 Å². The minimum absolute atomic E-state index is 0.0441. The van der Waals surface area contributed by atoms with Crippen molar-refractivity contribution in [1.29, 1.82) is 0 Å². The zero-order chi connectivity index (χ0) is 17.1. The first kappa shape index (κ1) is 15.7. The van der Waals surface area contributed by atoms with E-state index in [-0.39, 0.29) is 19.2 Å². The fourth-order valence-corrected chi connectivity index (χ4v) is 2.60. The fraction of sp³-hybridized carbons (Fsp3) is 0.167. The summed E-state index contributed by atoms with van der Waals surface area (Å²) in [5, 5.41) is 0. The predicted octanol–water partition coefficient (Wildman–Crippen LogP) is 2.20. The average molecular weight is 324 g/mol. The van der Waals surface area contributed by atoms with Crippen molar-refractivity contribution in [3.63, 3.8) is 0 Å². The van der Waals surface area contributed by atoms with Crippen LogP contribution in [-0.2, 0) is 14.3 Å². The van der Waals surface area contributed by atoms with E-state index in [1.807, 2.05) is 6.07 Å². The molecule has 0 saturated carbocycles. The number of carbonyl (C=O) groups excluding carboxylic acids is 3. The number of amides is 2. The molecule has 122 valence electrons. The maximum absolute atomic E-state index is 12.8. The zero-order valence-corrected chi connectivity index (χ0v) is 13.1.